The number of aromatic nitrogens is 1. The molecule has 0 atom stereocenters. The first-order valence-electron chi connectivity index (χ1n) is 8.75. The Morgan fingerprint density at radius 2 is 2.07 bits per heavy atom. The summed E-state index contributed by atoms with van der Waals surface area (Å²) in [5.74, 6) is 2.17. The number of anilines is 2. The normalized spacial score (nSPS) is 14.4. The van der Waals surface area contributed by atoms with Crippen molar-refractivity contribution in [3.63, 3.8) is 0 Å². The maximum atomic E-state index is 12.7. The van der Waals surface area contributed by atoms with Gasteiger partial charge in [0.05, 0.1) is 13.1 Å². The zero-order valence-electron chi connectivity index (χ0n) is 15.2. The number of hydrogen-bond donors (Lipinski definition) is 2. The van der Waals surface area contributed by atoms with E-state index in [0.717, 1.165) is 5.69 Å². The van der Waals surface area contributed by atoms with Gasteiger partial charge in [0.25, 0.3) is 5.91 Å². The Morgan fingerprint density at radius 1 is 1.29 bits per heavy atom. The Kier molecular flexibility index (Phi) is 6.87. The molecule has 1 aromatic heterocycles. The number of benzene rings is 1. The molecule has 2 heterocycles. The maximum absolute atomic E-state index is 12.7. The highest BCUT2D eigenvalue weighted by atomic mass is 35.5. The molecule has 9 heteroatoms. The third-order valence-corrected chi connectivity index (χ3v) is 5.21. The topological polar surface area (TPSA) is 77.6 Å². The van der Waals surface area contributed by atoms with Crippen LogP contribution in [0.3, 0.4) is 0 Å². The SMILES string of the molecule is C#CCNC(=O)CN1CCN(C(=O)c2csc(Nc3cccc(Cl)c3)n2)CC1. The Morgan fingerprint density at radius 3 is 2.79 bits per heavy atom. The van der Waals surface area contributed by atoms with Gasteiger partial charge in [-0.3, -0.25) is 14.5 Å². The summed E-state index contributed by atoms with van der Waals surface area (Å²) in [5, 5.41) is 8.81. The molecular formula is C19H20ClN5O2S. The lowest BCUT2D eigenvalue weighted by atomic mass is 10.3. The Hall–Kier alpha value is -2.60. The van der Waals surface area contributed by atoms with Gasteiger partial charge in [-0.05, 0) is 18.2 Å². The number of hydrogen-bond acceptors (Lipinski definition) is 6. The summed E-state index contributed by atoms with van der Waals surface area (Å²) in [6.45, 7) is 2.88. The number of carbonyl (C=O) groups is 2. The van der Waals surface area contributed by atoms with Gasteiger partial charge in [0.15, 0.2) is 5.13 Å². The molecule has 7 nitrogen and oxygen atoms in total. The van der Waals surface area contributed by atoms with Crippen LogP contribution in [0.25, 0.3) is 0 Å². The monoisotopic (exact) mass is 417 g/mol. The predicted molar refractivity (Wildman–Crippen MR) is 111 cm³/mol. The molecule has 3 rings (SSSR count). The number of halogens is 1. The van der Waals surface area contributed by atoms with Crippen molar-refractivity contribution in [2.75, 3.05) is 44.6 Å². The molecule has 0 saturated carbocycles. The molecule has 0 spiro atoms. The van der Waals surface area contributed by atoms with Crippen molar-refractivity contribution in [2.45, 2.75) is 0 Å². The molecule has 1 fully saturated rings. The predicted octanol–water partition coefficient (Wildman–Crippen LogP) is 2.05. The molecule has 2 N–H and O–H groups in total. The number of piperazine rings is 1. The first-order chi connectivity index (χ1) is 13.5. The van der Waals surface area contributed by atoms with Crippen LogP contribution in [0.4, 0.5) is 10.8 Å². The second kappa shape index (κ2) is 9.55. The smallest absolute Gasteiger partial charge is 0.273 e. The fraction of sp³-hybridized carbons (Fsp3) is 0.316. The lowest BCUT2D eigenvalue weighted by molar-refractivity contribution is -0.122. The van der Waals surface area contributed by atoms with Gasteiger partial charge in [0, 0.05) is 42.3 Å². The fourth-order valence-electron chi connectivity index (χ4n) is 2.80. The molecule has 0 aliphatic carbocycles. The molecule has 0 bridgehead atoms. The van der Waals surface area contributed by atoms with Crippen molar-refractivity contribution < 1.29 is 9.59 Å². The lowest BCUT2D eigenvalue weighted by Gasteiger charge is -2.33. The van der Waals surface area contributed by atoms with Gasteiger partial charge in [0.2, 0.25) is 5.91 Å². The Bertz CT molecular complexity index is 886. The summed E-state index contributed by atoms with van der Waals surface area (Å²) in [5.41, 5.74) is 1.23. The van der Waals surface area contributed by atoms with Crippen LogP contribution in [0.15, 0.2) is 29.6 Å². The van der Waals surface area contributed by atoms with Gasteiger partial charge < -0.3 is 15.5 Å². The molecule has 2 amide bonds. The summed E-state index contributed by atoms with van der Waals surface area (Å²) in [6.07, 6.45) is 5.13. The number of nitrogens with one attached hydrogen (secondary N) is 2. The number of nitrogens with zero attached hydrogens (tertiary/aromatic N) is 3. The summed E-state index contributed by atoms with van der Waals surface area (Å²) in [4.78, 5) is 32.6. The van der Waals surface area contributed by atoms with E-state index >= 15 is 0 Å². The van der Waals surface area contributed by atoms with Crippen molar-refractivity contribution in [3.8, 4) is 12.3 Å². The zero-order valence-corrected chi connectivity index (χ0v) is 16.7. The highest BCUT2D eigenvalue weighted by Crippen LogP contribution is 2.23. The molecule has 0 radical (unpaired) electrons. The van der Waals surface area contributed by atoms with Crippen LogP contribution in [0.1, 0.15) is 10.5 Å². The zero-order chi connectivity index (χ0) is 19.9. The molecule has 28 heavy (non-hydrogen) atoms. The molecule has 0 unspecified atom stereocenters. The second-order valence-electron chi connectivity index (χ2n) is 6.22. The van der Waals surface area contributed by atoms with Gasteiger partial charge in [-0.2, -0.15) is 0 Å². The van der Waals surface area contributed by atoms with E-state index in [-0.39, 0.29) is 24.9 Å². The molecule has 1 aromatic carbocycles. The Balaban J connectivity index is 1.51. The summed E-state index contributed by atoms with van der Waals surface area (Å²) in [6, 6.07) is 7.32. The molecule has 1 aliphatic rings. The van der Waals surface area contributed by atoms with Crippen LogP contribution < -0.4 is 10.6 Å². The van der Waals surface area contributed by atoms with Gasteiger partial charge >= 0.3 is 0 Å². The van der Waals surface area contributed by atoms with Crippen molar-refractivity contribution in [3.05, 3.63) is 40.4 Å². The average molecular weight is 418 g/mol. The number of carbonyl (C=O) groups excluding carboxylic acids is 2. The Labute approximate surface area is 172 Å². The minimum Gasteiger partial charge on any atom is -0.344 e. The van der Waals surface area contributed by atoms with Crippen molar-refractivity contribution in [1.29, 1.82) is 0 Å². The van der Waals surface area contributed by atoms with Crippen LogP contribution in [0, 0.1) is 12.3 Å². The third-order valence-electron chi connectivity index (χ3n) is 4.21. The lowest BCUT2D eigenvalue weighted by Crippen LogP contribution is -2.51. The van der Waals surface area contributed by atoms with E-state index in [4.69, 9.17) is 18.0 Å². The van der Waals surface area contributed by atoms with Crippen LogP contribution in [-0.2, 0) is 4.79 Å². The van der Waals surface area contributed by atoms with Crippen LogP contribution in [-0.4, -0.2) is 65.9 Å². The number of rotatable bonds is 6. The van der Waals surface area contributed by atoms with Crippen molar-refractivity contribution in [1.82, 2.24) is 20.1 Å². The standard InChI is InChI=1S/C19H20ClN5O2S/c1-2-6-21-17(26)12-24-7-9-25(10-8-24)18(27)16-13-28-19(23-16)22-15-5-3-4-14(20)11-15/h1,3-5,11,13H,6-10,12H2,(H,21,26)(H,22,23). The third kappa shape index (κ3) is 5.45. The molecular weight excluding hydrogens is 398 g/mol. The van der Waals surface area contributed by atoms with E-state index in [2.05, 4.69) is 21.5 Å². The second-order valence-corrected chi connectivity index (χ2v) is 7.52. The van der Waals surface area contributed by atoms with Crippen LogP contribution in [0.2, 0.25) is 5.02 Å². The summed E-state index contributed by atoms with van der Waals surface area (Å²) in [7, 11) is 0. The number of terminal acetylenes is 1. The van der Waals surface area contributed by atoms with Crippen molar-refractivity contribution >= 4 is 45.6 Å². The van der Waals surface area contributed by atoms with Gasteiger partial charge in [0.1, 0.15) is 5.69 Å². The largest absolute Gasteiger partial charge is 0.344 e. The van der Waals surface area contributed by atoms with E-state index < -0.39 is 0 Å². The van der Waals surface area contributed by atoms with E-state index in [1.165, 1.54) is 11.3 Å². The van der Waals surface area contributed by atoms with Crippen LogP contribution >= 0.6 is 22.9 Å². The fourth-order valence-corrected chi connectivity index (χ4v) is 3.69. The molecule has 146 valence electrons. The highest BCUT2D eigenvalue weighted by Gasteiger charge is 2.24. The first-order valence-corrected chi connectivity index (χ1v) is 10.0. The van der Waals surface area contributed by atoms with E-state index in [0.29, 0.717) is 42.0 Å². The van der Waals surface area contributed by atoms with Crippen molar-refractivity contribution in [2.24, 2.45) is 0 Å². The highest BCUT2D eigenvalue weighted by molar-refractivity contribution is 7.14. The van der Waals surface area contributed by atoms with E-state index in [1.54, 1.807) is 22.4 Å². The maximum Gasteiger partial charge on any atom is 0.273 e. The summed E-state index contributed by atoms with van der Waals surface area (Å²) >= 11 is 7.35. The van der Waals surface area contributed by atoms with Gasteiger partial charge in [-0.15, -0.1) is 17.8 Å². The minimum absolute atomic E-state index is 0.103. The quantitative estimate of drug-likeness (QED) is 0.703. The molecule has 1 saturated heterocycles. The molecule has 1 aliphatic heterocycles. The van der Waals surface area contributed by atoms with Gasteiger partial charge in [-0.1, -0.05) is 23.6 Å². The number of amides is 2. The first kappa shape index (κ1) is 20.1. The van der Waals surface area contributed by atoms with Gasteiger partial charge in [-0.25, -0.2) is 4.98 Å². The van der Waals surface area contributed by atoms with E-state index in [9.17, 15) is 9.59 Å². The minimum atomic E-state index is -0.105. The average Bonchev–Trinajstić information content (AvgIpc) is 3.15. The summed E-state index contributed by atoms with van der Waals surface area (Å²) < 4.78 is 0. The van der Waals surface area contributed by atoms with Crippen LogP contribution in [0.5, 0.6) is 0 Å². The van der Waals surface area contributed by atoms with E-state index in [1.807, 2.05) is 17.0 Å². The number of thiazole rings is 1. The molecule has 2 aromatic rings.